The Morgan fingerprint density at radius 1 is 0.522 bits per heavy atom. The summed E-state index contributed by atoms with van der Waals surface area (Å²) >= 11 is 0. The molecule has 2 N–H and O–H groups in total. The number of hydrogen-bond acceptors (Lipinski definition) is 6. The van der Waals surface area contributed by atoms with E-state index in [1.807, 2.05) is 21.1 Å². The van der Waals surface area contributed by atoms with E-state index >= 15 is 0 Å². The number of amides is 1. The number of carbonyl (C=O) groups is 1. The number of rotatable bonds is 53. The highest BCUT2D eigenvalue weighted by atomic mass is 31.2. The molecular weight excluding hydrogens is 876 g/mol. The molecule has 69 heavy (non-hydrogen) atoms. The molecule has 0 fully saturated rings. The van der Waals surface area contributed by atoms with Crippen LogP contribution in [-0.2, 0) is 18.4 Å². The first-order valence-electron chi connectivity index (χ1n) is 29.1. The van der Waals surface area contributed by atoms with Crippen molar-refractivity contribution in [3.05, 3.63) is 60.8 Å². The van der Waals surface area contributed by atoms with Crippen molar-refractivity contribution in [2.75, 3.05) is 40.9 Å². The first-order chi connectivity index (χ1) is 33.5. The van der Waals surface area contributed by atoms with E-state index in [9.17, 15) is 19.4 Å². The predicted molar refractivity (Wildman–Crippen MR) is 297 cm³/mol. The summed E-state index contributed by atoms with van der Waals surface area (Å²) in [5.74, 6) is -0.175. The number of aliphatic hydroxyl groups excluding tert-OH is 1. The molecule has 3 unspecified atom stereocenters. The van der Waals surface area contributed by atoms with Gasteiger partial charge in [-0.3, -0.25) is 9.36 Å². The van der Waals surface area contributed by atoms with Crippen molar-refractivity contribution in [3.8, 4) is 0 Å². The molecular formula is C60H113N2O6P. The second-order valence-corrected chi connectivity index (χ2v) is 22.4. The summed E-state index contributed by atoms with van der Waals surface area (Å²) < 4.78 is 23.4. The molecule has 0 radical (unpaired) electrons. The van der Waals surface area contributed by atoms with Gasteiger partial charge in [0.15, 0.2) is 0 Å². The van der Waals surface area contributed by atoms with Gasteiger partial charge in [-0.1, -0.05) is 261 Å². The second-order valence-electron chi connectivity index (χ2n) is 21.0. The van der Waals surface area contributed by atoms with E-state index in [4.69, 9.17) is 9.05 Å². The number of nitrogens with one attached hydrogen (secondary N) is 1. The SMILES string of the molecule is CC/C=C\C/C=C\C/C=C\C/C=C\C/C=C\CCCCCCCCCC(=O)NC(COP(=O)([O-])OCC[N+](C)(C)C)C(O)CCCCCCCCCCCCCCCCCCCCCCCCCC. The zero-order valence-electron chi connectivity index (χ0n) is 46.0. The number of aliphatic hydroxyl groups is 1. The van der Waals surface area contributed by atoms with Gasteiger partial charge < -0.3 is 28.8 Å². The van der Waals surface area contributed by atoms with Crippen LogP contribution >= 0.6 is 7.82 Å². The van der Waals surface area contributed by atoms with Gasteiger partial charge in [-0.2, -0.15) is 0 Å². The summed E-state index contributed by atoms with van der Waals surface area (Å²) in [5.41, 5.74) is 0. The van der Waals surface area contributed by atoms with Crippen LogP contribution in [0, 0.1) is 0 Å². The molecule has 0 spiro atoms. The minimum Gasteiger partial charge on any atom is -0.756 e. The molecule has 9 heteroatoms. The molecule has 0 aromatic rings. The summed E-state index contributed by atoms with van der Waals surface area (Å²) in [6.07, 6.45) is 68.2. The fourth-order valence-corrected chi connectivity index (χ4v) is 9.20. The third kappa shape index (κ3) is 53.8. The summed E-state index contributed by atoms with van der Waals surface area (Å²) in [4.78, 5) is 25.5. The van der Waals surface area contributed by atoms with E-state index in [0.717, 1.165) is 83.5 Å². The number of unbranched alkanes of at least 4 members (excludes halogenated alkanes) is 30. The zero-order valence-corrected chi connectivity index (χ0v) is 46.9. The minimum atomic E-state index is -4.58. The number of nitrogens with zero attached hydrogens (tertiary/aromatic N) is 1. The van der Waals surface area contributed by atoms with Gasteiger partial charge in [0.2, 0.25) is 5.91 Å². The fourth-order valence-electron chi connectivity index (χ4n) is 8.48. The van der Waals surface area contributed by atoms with Gasteiger partial charge in [-0.25, -0.2) is 0 Å². The molecule has 404 valence electrons. The van der Waals surface area contributed by atoms with Crippen LogP contribution in [-0.4, -0.2) is 68.5 Å². The molecule has 0 aliphatic heterocycles. The van der Waals surface area contributed by atoms with Gasteiger partial charge in [0, 0.05) is 6.42 Å². The molecule has 0 heterocycles. The van der Waals surface area contributed by atoms with Crippen molar-refractivity contribution < 1.29 is 32.9 Å². The molecule has 0 saturated carbocycles. The van der Waals surface area contributed by atoms with Gasteiger partial charge in [0.05, 0.1) is 39.9 Å². The quantitative estimate of drug-likeness (QED) is 0.0272. The van der Waals surface area contributed by atoms with Crippen LogP contribution in [0.5, 0.6) is 0 Å². The lowest BCUT2D eigenvalue weighted by atomic mass is 10.0. The van der Waals surface area contributed by atoms with E-state index in [1.165, 1.54) is 154 Å². The highest BCUT2D eigenvalue weighted by Gasteiger charge is 2.24. The van der Waals surface area contributed by atoms with Crippen molar-refractivity contribution in [2.45, 2.75) is 276 Å². The highest BCUT2D eigenvalue weighted by Crippen LogP contribution is 2.38. The maximum atomic E-state index is 13.0. The Labute approximate surface area is 428 Å². The van der Waals surface area contributed by atoms with E-state index in [1.54, 1.807) is 0 Å². The molecule has 1 amide bonds. The Bertz CT molecular complexity index is 1310. The molecule has 0 aromatic carbocycles. The number of phosphoric ester groups is 1. The second kappa shape index (κ2) is 51.1. The summed E-state index contributed by atoms with van der Waals surface area (Å²) in [6, 6.07) is -0.811. The lowest BCUT2D eigenvalue weighted by molar-refractivity contribution is -0.870. The summed E-state index contributed by atoms with van der Waals surface area (Å²) in [7, 11) is 1.30. The summed E-state index contributed by atoms with van der Waals surface area (Å²) in [5, 5.41) is 14.0. The Morgan fingerprint density at radius 3 is 1.29 bits per heavy atom. The van der Waals surface area contributed by atoms with Crippen LogP contribution in [0.3, 0.4) is 0 Å². The normalized spacial score (nSPS) is 14.4. The predicted octanol–water partition coefficient (Wildman–Crippen LogP) is 17.1. The molecule has 0 rings (SSSR count). The van der Waals surface area contributed by atoms with E-state index in [2.05, 4.69) is 79.9 Å². The largest absolute Gasteiger partial charge is 0.756 e. The molecule has 0 aromatic heterocycles. The van der Waals surface area contributed by atoms with Crippen LogP contribution in [0.1, 0.15) is 264 Å². The Kier molecular flexibility index (Phi) is 49.8. The maximum absolute atomic E-state index is 13.0. The number of likely N-dealkylation sites (N-methyl/N-ethyl adjacent to an activating group) is 1. The molecule has 0 aliphatic rings. The molecule has 8 nitrogen and oxygen atoms in total. The van der Waals surface area contributed by atoms with E-state index in [0.29, 0.717) is 23.9 Å². The van der Waals surface area contributed by atoms with Gasteiger partial charge in [-0.15, -0.1) is 0 Å². The molecule has 0 bridgehead atoms. The van der Waals surface area contributed by atoms with Gasteiger partial charge in [0.1, 0.15) is 13.2 Å². The lowest BCUT2D eigenvalue weighted by Gasteiger charge is -2.30. The number of hydrogen-bond donors (Lipinski definition) is 2. The third-order valence-corrected chi connectivity index (χ3v) is 14.0. The maximum Gasteiger partial charge on any atom is 0.268 e. The monoisotopic (exact) mass is 989 g/mol. The zero-order chi connectivity index (χ0) is 50.6. The first-order valence-corrected chi connectivity index (χ1v) is 30.6. The summed E-state index contributed by atoms with van der Waals surface area (Å²) in [6.45, 7) is 4.62. The number of carbonyl (C=O) groups excluding carboxylic acids is 1. The van der Waals surface area contributed by atoms with Gasteiger partial charge >= 0.3 is 0 Å². The van der Waals surface area contributed by atoms with Crippen LogP contribution in [0.2, 0.25) is 0 Å². The van der Waals surface area contributed by atoms with Crippen molar-refractivity contribution in [1.29, 1.82) is 0 Å². The van der Waals surface area contributed by atoms with Crippen LogP contribution < -0.4 is 10.2 Å². The smallest absolute Gasteiger partial charge is 0.268 e. The van der Waals surface area contributed by atoms with Crippen LogP contribution in [0.4, 0.5) is 0 Å². The van der Waals surface area contributed by atoms with Crippen molar-refractivity contribution in [2.24, 2.45) is 0 Å². The van der Waals surface area contributed by atoms with Crippen molar-refractivity contribution in [1.82, 2.24) is 5.32 Å². The van der Waals surface area contributed by atoms with Crippen molar-refractivity contribution >= 4 is 13.7 Å². The van der Waals surface area contributed by atoms with Gasteiger partial charge in [-0.05, 0) is 57.8 Å². The third-order valence-electron chi connectivity index (χ3n) is 13.0. The highest BCUT2D eigenvalue weighted by molar-refractivity contribution is 7.45. The van der Waals surface area contributed by atoms with Crippen molar-refractivity contribution in [3.63, 3.8) is 0 Å². The van der Waals surface area contributed by atoms with E-state index < -0.39 is 20.0 Å². The average Bonchev–Trinajstić information content (AvgIpc) is 3.31. The molecule has 0 saturated heterocycles. The molecule has 3 atom stereocenters. The Hall–Kier alpha value is -1.80. The average molecular weight is 990 g/mol. The number of phosphoric acid groups is 1. The van der Waals surface area contributed by atoms with E-state index in [-0.39, 0.29) is 19.1 Å². The lowest BCUT2D eigenvalue weighted by Crippen LogP contribution is -2.46. The topological polar surface area (TPSA) is 108 Å². The Balaban J connectivity index is 4.20. The molecule has 0 aliphatic carbocycles. The minimum absolute atomic E-state index is 0.00763. The number of allylic oxidation sites excluding steroid dienone is 10. The fraction of sp³-hybridized carbons (Fsp3) is 0.817. The standard InChI is InChI=1S/C60H113N2O6P/c1-6-8-10-12-14-16-18-20-22-24-26-28-30-32-33-35-37-39-41-43-45-47-49-51-53-59(63)58(57-68-69(65,66)67-56-55-62(3,4)5)61-60(64)54-52-50-48-46-44-42-40-38-36-34-31-29-27-25-23-21-19-17-15-13-11-9-7-2/h9,11,15,17,21,23,27,29,34,36,58-59,63H,6-8,10,12-14,16,18-20,22,24-26,28,30-33,35,37-57H2,1-5H3,(H-,61,64,65,66)/b11-9-,17-15-,23-21-,29-27-,36-34-. The first kappa shape index (κ1) is 67.2. The van der Waals surface area contributed by atoms with Crippen LogP contribution in [0.25, 0.3) is 0 Å². The number of quaternary nitrogens is 1. The Morgan fingerprint density at radius 2 is 0.884 bits per heavy atom. The van der Waals surface area contributed by atoms with Gasteiger partial charge in [0.25, 0.3) is 7.82 Å². The van der Waals surface area contributed by atoms with Crippen LogP contribution in [0.15, 0.2) is 60.8 Å².